The Hall–Kier alpha value is -1.10. The monoisotopic (exact) mass is 207 g/mol. The lowest BCUT2D eigenvalue weighted by Crippen LogP contribution is -2.30. The zero-order valence-electron chi connectivity index (χ0n) is 7.18. The van der Waals surface area contributed by atoms with Crippen LogP contribution in [0, 0.1) is 0 Å². The average molecular weight is 207 g/mol. The van der Waals surface area contributed by atoms with Crippen LogP contribution >= 0.6 is 11.6 Å². The average Bonchev–Trinajstić information content (AvgIpc) is 2.17. The van der Waals surface area contributed by atoms with E-state index in [0.717, 1.165) is 5.39 Å². The fraction of sp³-hybridized carbons (Fsp3) is 0. The highest BCUT2D eigenvalue weighted by Crippen LogP contribution is 2.18. The molecule has 0 saturated carbocycles. The van der Waals surface area contributed by atoms with Crippen molar-refractivity contribution in [3.8, 4) is 0 Å². The first-order chi connectivity index (χ1) is 6.70. The molecule has 2 rings (SSSR count). The van der Waals surface area contributed by atoms with Gasteiger partial charge in [-0.05, 0) is 16.9 Å². The van der Waals surface area contributed by atoms with Crippen LogP contribution in [0.4, 0.5) is 0 Å². The lowest BCUT2D eigenvalue weighted by atomic mass is 9.77. The van der Waals surface area contributed by atoms with E-state index < -0.39 is 7.12 Å². The zero-order chi connectivity index (χ0) is 10.1. The van der Waals surface area contributed by atoms with Crippen LogP contribution in [-0.2, 0) is 0 Å². The van der Waals surface area contributed by atoms with Gasteiger partial charge in [-0.2, -0.15) is 0 Å². The second-order valence-electron chi connectivity index (χ2n) is 2.92. The van der Waals surface area contributed by atoms with E-state index in [1.54, 1.807) is 24.4 Å². The molecule has 2 aromatic rings. The van der Waals surface area contributed by atoms with E-state index in [-0.39, 0.29) is 5.15 Å². The number of benzene rings is 1. The van der Waals surface area contributed by atoms with Gasteiger partial charge in [0.05, 0.1) is 0 Å². The molecule has 0 spiro atoms. The molecule has 0 atom stereocenters. The predicted molar refractivity (Wildman–Crippen MR) is 56.6 cm³/mol. The standard InChI is InChI=1S/C9H7BClNO2/c11-9-8-6(4-5-12-9)2-1-3-7(8)10(13)14/h1-5,13-14H. The van der Waals surface area contributed by atoms with E-state index in [9.17, 15) is 0 Å². The summed E-state index contributed by atoms with van der Waals surface area (Å²) in [6, 6.07) is 6.97. The van der Waals surface area contributed by atoms with Gasteiger partial charge in [0.1, 0.15) is 5.15 Å². The third kappa shape index (κ3) is 1.48. The lowest BCUT2D eigenvalue weighted by Gasteiger charge is -2.05. The number of rotatable bonds is 1. The predicted octanol–water partition coefficient (Wildman–Crippen LogP) is 0.568. The van der Waals surface area contributed by atoms with Crippen LogP contribution in [0.5, 0.6) is 0 Å². The summed E-state index contributed by atoms with van der Waals surface area (Å²) in [7, 11) is -1.53. The number of halogens is 1. The van der Waals surface area contributed by atoms with Crippen molar-refractivity contribution in [2.45, 2.75) is 0 Å². The van der Waals surface area contributed by atoms with E-state index in [1.165, 1.54) is 0 Å². The lowest BCUT2D eigenvalue weighted by molar-refractivity contribution is 0.426. The maximum absolute atomic E-state index is 9.12. The third-order valence-electron chi connectivity index (χ3n) is 2.06. The van der Waals surface area contributed by atoms with Crippen LogP contribution in [0.15, 0.2) is 30.5 Å². The molecule has 0 bridgehead atoms. The molecule has 1 aromatic carbocycles. The molecule has 2 N–H and O–H groups in total. The van der Waals surface area contributed by atoms with Crippen molar-refractivity contribution >= 4 is 35.0 Å². The van der Waals surface area contributed by atoms with Crippen molar-refractivity contribution in [2.24, 2.45) is 0 Å². The highest BCUT2D eigenvalue weighted by molar-refractivity contribution is 6.63. The molecule has 0 saturated heterocycles. The second-order valence-corrected chi connectivity index (χ2v) is 3.28. The normalized spacial score (nSPS) is 10.5. The Bertz CT molecular complexity index is 470. The number of nitrogens with zero attached hydrogens (tertiary/aromatic N) is 1. The van der Waals surface area contributed by atoms with E-state index in [0.29, 0.717) is 10.8 Å². The molecule has 0 amide bonds. The third-order valence-corrected chi connectivity index (χ3v) is 2.34. The minimum atomic E-state index is -1.53. The van der Waals surface area contributed by atoms with E-state index in [1.807, 2.05) is 6.07 Å². The van der Waals surface area contributed by atoms with Crippen LogP contribution in [0.2, 0.25) is 5.15 Å². The maximum Gasteiger partial charge on any atom is 0.489 e. The van der Waals surface area contributed by atoms with Gasteiger partial charge in [-0.1, -0.05) is 29.8 Å². The number of pyridine rings is 1. The Labute approximate surface area is 86.1 Å². The fourth-order valence-corrected chi connectivity index (χ4v) is 1.70. The summed E-state index contributed by atoms with van der Waals surface area (Å²) in [6.07, 6.45) is 1.58. The van der Waals surface area contributed by atoms with Gasteiger partial charge in [-0.25, -0.2) is 4.98 Å². The smallest absolute Gasteiger partial charge is 0.423 e. The number of hydrogen-bond acceptors (Lipinski definition) is 3. The quantitative estimate of drug-likeness (QED) is 0.531. The minimum absolute atomic E-state index is 0.284. The van der Waals surface area contributed by atoms with Gasteiger partial charge in [-0.3, -0.25) is 0 Å². The molecule has 1 heterocycles. The van der Waals surface area contributed by atoms with Gasteiger partial charge in [0.15, 0.2) is 0 Å². The van der Waals surface area contributed by atoms with Crippen LogP contribution in [0.25, 0.3) is 10.8 Å². The highest BCUT2D eigenvalue weighted by atomic mass is 35.5. The molecule has 14 heavy (non-hydrogen) atoms. The molecule has 70 valence electrons. The molecule has 0 aliphatic rings. The molecule has 0 radical (unpaired) electrons. The largest absolute Gasteiger partial charge is 0.489 e. The zero-order valence-corrected chi connectivity index (χ0v) is 7.94. The minimum Gasteiger partial charge on any atom is -0.423 e. The summed E-state index contributed by atoms with van der Waals surface area (Å²) in [4.78, 5) is 3.89. The fourth-order valence-electron chi connectivity index (χ4n) is 1.43. The Morgan fingerprint density at radius 3 is 2.71 bits per heavy atom. The molecule has 5 heteroatoms. The second kappa shape index (κ2) is 3.57. The van der Waals surface area contributed by atoms with E-state index >= 15 is 0 Å². The summed E-state index contributed by atoms with van der Waals surface area (Å²) in [5, 5.41) is 19.9. The van der Waals surface area contributed by atoms with Crippen LogP contribution < -0.4 is 5.46 Å². The van der Waals surface area contributed by atoms with Gasteiger partial charge < -0.3 is 10.0 Å². The SMILES string of the molecule is OB(O)c1cccc2ccnc(Cl)c12. The molecular formula is C9H7BClNO2. The van der Waals surface area contributed by atoms with Gasteiger partial charge in [-0.15, -0.1) is 0 Å². The van der Waals surface area contributed by atoms with Crippen molar-refractivity contribution in [1.82, 2.24) is 4.98 Å². The molecule has 0 aliphatic carbocycles. The summed E-state index contributed by atoms with van der Waals surface area (Å²) < 4.78 is 0. The highest BCUT2D eigenvalue weighted by Gasteiger charge is 2.16. The first-order valence-electron chi connectivity index (χ1n) is 4.09. The molecule has 1 aromatic heterocycles. The van der Waals surface area contributed by atoms with Crippen LogP contribution in [0.3, 0.4) is 0 Å². The van der Waals surface area contributed by atoms with Gasteiger partial charge in [0.25, 0.3) is 0 Å². The number of aromatic nitrogens is 1. The number of fused-ring (bicyclic) bond motifs is 1. The molecule has 3 nitrogen and oxygen atoms in total. The summed E-state index contributed by atoms with van der Waals surface area (Å²) in [5.41, 5.74) is 0.376. The first kappa shape index (κ1) is 9.46. The summed E-state index contributed by atoms with van der Waals surface area (Å²) >= 11 is 5.87. The van der Waals surface area contributed by atoms with Crippen molar-refractivity contribution in [1.29, 1.82) is 0 Å². The van der Waals surface area contributed by atoms with Crippen LogP contribution in [-0.4, -0.2) is 22.2 Å². The van der Waals surface area contributed by atoms with E-state index in [2.05, 4.69) is 4.98 Å². The first-order valence-corrected chi connectivity index (χ1v) is 4.47. The Kier molecular flexibility index (Phi) is 2.41. The topological polar surface area (TPSA) is 53.4 Å². The van der Waals surface area contributed by atoms with E-state index in [4.69, 9.17) is 21.6 Å². The van der Waals surface area contributed by atoms with Gasteiger partial charge in [0, 0.05) is 11.6 Å². The van der Waals surface area contributed by atoms with Crippen molar-refractivity contribution in [3.05, 3.63) is 35.6 Å². The molecule has 0 unspecified atom stereocenters. The Morgan fingerprint density at radius 1 is 1.21 bits per heavy atom. The van der Waals surface area contributed by atoms with Crippen molar-refractivity contribution in [2.75, 3.05) is 0 Å². The molecular weight excluding hydrogens is 200 g/mol. The molecule has 0 aliphatic heterocycles. The summed E-state index contributed by atoms with van der Waals surface area (Å²) in [5.74, 6) is 0. The Morgan fingerprint density at radius 2 is 2.00 bits per heavy atom. The van der Waals surface area contributed by atoms with Crippen molar-refractivity contribution < 1.29 is 10.0 Å². The van der Waals surface area contributed by atoms with Gasteiger partial charge in [0.2, 0.25) is 0 Å². The number of hydrogen-bond donors (Lipinski definition) is 2. The molecule has 0 fully saturated rings. The van der Waals surface area contributed by atoms with Crippen LogP contribution in [0.1, 0.15) is 0 Å². The Balaban J connectivity index is 2.84. The van der Waals surface area contributed by atoms with Crippen molar-refractivity contribution in [3.63, 3.8) is 0 Å². The summed E-state index contributed by atoms with van der Waals surface area (Å²) in [6.45, 7) is 0. The van der Waals surface area contributed by atoms with Gasteiger partial charge >= 0.3 is 7.12 Å². The maximum atomic E-state index is 9.12.